The number of nitrogens with one attached hydrogen (secondary N) is 2. The van der Waals surface area contributed by atoms with Crippen molar-refractivity contribution in [1.82, 2.24) is 7.06 Å². The second kappa shape index (κ2) is 5.81. The molecule has 2 aliphatic heterocycles. The van der Waals surface area contributed by atoms with Crippen LogP contribution >= 0.6 is 43.0 Å². The molecule has 3 fully saturated rings. The normalized spacial score (nSPS) is 27.6. The van der Waals surface area contributed by atoms with Crippen molar-refractivity contribution in [2.75, 3.05) is 0 Å². The molecule has 1 aliphatic carbocycles. The molecule has 3 rings (SSSR count). The van der Waals surface area contributed by atoms with Gasteiger partial charge in [0.1, 0.15) is 0 Å². The predicted octanol–water partition coefficient (Wildman–Crippen LogP) is 3.67. The Morgan fingerprint density at radius 2 is 1.90 bits per heavy atom. The molecule has 2 N–H and O–H groups in total. The van der Waals surface area contributed by atoms with Gasteiger partial charge in [0, 0.05) is 0 Å². The Bertz CT molecular complexity index is 389. The standard InChI is InChI=1S/C14H24I2N2O2/c1-3-13(4-2,10-8-6-5-7-9-10)20-12(19)11(15)14-16(17-14)18-14/h10-11,17-18H,3-9H2,1-2H3. The van der Waals surface area contributed by atoms with Gasteiger partial charge in [0.25, 0.3) is 0 Å². The van der Waals surface area contributed by atoms with E-state index < -0.39 is 20.4 Å². The second-order valence-electron chi connectivity index (χ2n) is 6.07. The number of halogens is 2. The number of hydrogen-bond donors (Lipinski definition) is 2. The quantitative estimate of drug-likeness (QED) is 0.144. The van der Waals surface area contributed by atoms with Gasteiger partial charge in [-0.1, -0.05) is 0 Å². The molecule has 116 valence electrons. The molecule has 0 aromatic carbocycles. The number of hydrogen-bond acceptors (Lipinski definition) is 4. The number of carbonyl (C=O) groups excluding carboxylic acids is 1. The van der Waals surface area contributed by atoms with Crippen LogP contribution in [0.25, 0.3) is 0 Å². The molecule has 0 bridgehead atoms. The average Bonchev–Trinajstić information content (AvgIpc) is 3.34. The summed E-state index contributed by atoms with van der Waals surface area (Å²) in [6.07, 6.45) is 8.26. The second-order valence-corrected chi connectivity index (χ2v) is 11.7. The van der Waals surface area contributed by atoms with E-state index >= 15 is 0 Å². The van der Waals surface area contributed by atoms with Gasteiger partial charge in [0.2, 0.25) is 0 Å². The molecule has 20 heavy (non-hydrogen) atoms. The maximum absolute atomic E-state index is 12.5. The summed E-state index contributed by atoms with van der Waals surface area (Å²) >= 11 is 1.20. The molecule has 4 nitrogen and oxygen atoms in total. The van der Waals surface area contributed by atoms with Gasteiger partial charge in [-0.15, -0.1) is 0 Å². The Morgan fingerprint density at radius 1 is 1.35 bits per heavy atom. The summed E-state index contributed by atoms with van der Waals surface area (Å²) < 4.78 is 13.0. The van der Waals surface area contributed by atoms with Crippen molar-refractivity contribution in [2.24, 2.45) is 5.92 Å². The van der Waals surface area contributed by atoms with E-state index in [4.69, 9.17) is 4.74 Å². The Kier molecular flexibility index (Phi) is 4.57. The van der Waals surface area contributed by atoms with Crippen LogP contribution in [0.1, 0.15) is 58.8 Å². The molecule has 2 heterocycles. The van der Waals surface area contributed by atoms with E-state index in [2.05, 4.69) is 43.5 Å². The van der Waals surface area contributed by atoms with E-state index in [0.29, 0.717) is 5.92 Å². The van der Waals surface area contributed by atoms with Gasteiger partial charge < -0.3 is 0 Å². The van der Waals surface area contributed by atoms with Crippen LogP contribution in [0.5, 0.6) is 0 Å². The van der Waals surface area contributed by atoms with Crippen molar-refractivity contribution < 1.29 is 9.53 Å². The van der Waals surface area contributed by atoms with Crippen molar-refractivity contribution in [1.29, 1.82) is 0 Å². The summed E-state index contributed by atoms with van der Waals surface area (Å²) in [5, 5.41) is 0. The van der Waals surface area contributed by atoms with E-state index in [-0.39, 0.29) is 19.2 Å². The average molecular weight is 506 g/mol. The minimum atomic E-state index is -1.06. The van der Waals surface area contributed by atoms with E-state index in [0.717, 1.165) is 12.8 Å². The van der Waals surface area contributed by atoms with Crippen LogP contribution in [0.4, 0.5) is 0 Å². The summed E-state index contributed by atoms with van der Waals surface area (Å²) in [5.41, 5.74) is -0.222. The molecule has 0 radical (unpaired) electrons. The number of ether oxygens (including phenoxy) is 1. The van der Waals surface area contributed by atoms with E-state index in [1.165, 1.54) is 32.1 Å². The monoisotopic (exact) mass is 506 g/mol. The Morgan fingerprint density at radius 3 is 2.35 bits per heavy atom. The van der Waals surface area contributed by atoms with Crippen molar-refractivity contribution in [3.05, 3.63) is 0 Å². The third kappa shape index (κ3) is 2.62. The molecule has 1 atom stereocenters. The zero-order valence-corrected chi connectivity index (χ0v) is 16.5. The van der Waals surface area contributed by atoms with Gasteiger partial charge in [-0.25, -0.2) is 0 Å². The molecule has 0 aromatic rings. The van der Waals surface area contributed by atoms with Crippen LogP contribution < -0.4 is 7.06 Å². The van der Waals surface area contributed by atoms with Gasteiger partial charge in [-0.05, 0) is 0 Å². The predicted molar refractivity (Wildman–Crippen MR) is 96.8 cm³/mol. The fraction of sp³-hybridized carbons (Fsp3) is 0.929. The Labute approximate surface area is 142 Å². The summed E-state index contributed by atoms with van der Waals surface area (Å²) in [6.45, 7) is 4.35. The number of carbonyl (C=O) groups is 1. The van der Waals surface area contributed by atoms with Crippen molar-refractivity contribution >= 4 is 48.9 Å². The van der Waals surface area contributed by atoms with E-state index in [1.807, 2.05) is 0 Å². The third-order valence-electron chi connectivity index (χ3n) is 5.10. The molecule has 2 saturated heterocycles. The first-order valence-electron chi connectivity index (χ1n) is 7.70. The summed E-state index contributed by atoms with van der Waals surface area (Å²) in [4.78, 5) is 12.5. The molecular weight excluding hydrogens is 482 g/mol. The SMILES string of the molecule is CCC(CC)(OC(=O)C(I)C12NI1N2)C1CCCCC1. The van der Waals surface area contributed by atoms with Gasteiger partial charge >= 0.3 is 143 Å². The molecule has 1 unspecified atom stereocenters. The van der Waals surface area contributed by atoms with Crippen molar-refractivity contribution in [3.63, 3.8) is 0 Å². The van der Waals surface area contributed by atoms with Crippen LogP contribution in [0, 0.1) is 5.92 Å². The molecule has 1 saturated carbocycles. The molecule has 6 heteroatoms. The van der Waals surface area contributed by atoms with Gasteiger partial charge in [0.15, 0.2) is 0 Å². The summed E-state index contributed by atoms with van der Waals surface area (Å²) in [6, 6.07) is 0. The zero-order valence-electron chi connectivity index (χ0n) is 12.2. The van der Waals surface area contributed by atoms with Crippen LogP contribution in [0.3, 0.4) is 0 Å². The number of alkyl halides is 2. The summed E-state index contributed by atoms with van der Waals surface area (Å²) in [5.74, 6) is 0.558. The molecule has 3 aliphatic rings. The topological polar surface area (TPSA) is 70.2 Å². The first kappa shape index (κ1) is 15.7. The maximum atomic E-state index is 12.5. The molecule has 0 aromatic heterocycles. The fourth-order valence-corrected chi connectivity index (χ4v) is 10.9. The van der Waals surface area contributed by atoms with E-state index in [9.17, 15) is 4.79 Å². The minimum absolute atomic E-state index is 0.00262. The third-order valence-corrected chi connectivity index (χ3v) is 12.3. The molecular formula is C14H24I2N2O2. The number of fused-ring (bicyclic) bond motifs is 1. The van der Waals surface area contributed by atoms with Gasteiger partial charge in [-0.3, -0.25) is 0 Å². The summed E-state index contributed by atoms with van der Waals surface area (Å²) in [7, 11) is 0. The number of rotatable bonds is 6. The van der Waals surface area contributed by atoms with Crippen LogP contribution in [0.15, 0.2) is 0 Å². The van der Waals surface area contributed by atoms with Crippen LogP contribution in [0.2, 0.25) is 0 Å². The Hall–Kier alpha value is 0.850. The zero-order chi connectivity index (χ0) is 14.4. The molecule has 0 amide bonds. The van der Waals surface area contributed by atoms with Crippen molar-refractivity contribution in [3.8, 4) is 0 Å². The van der Waals surface area contributed by atoms with E-state index in [1.54, 1.807) is 0 Å². The van der Waals surface area contributed by atoms with Gasteiger partial charge in [0.05, 0.1) is 0 Å². The fourth-order valence-electron chi connectivity index (χ4n) is 3.53. The van der Waals surface area contributed by atoms with Crippen LogP contribution in [-0.2, 0) is 9.53 Å². The molecule has 0 spiro atoms. The number of esters is 1. The first-order valence-corrected chi connectivity index (χ1v) is 12.2. The Balaban J connectivity index is 1.67. The van der Waals surface area contributed by atoms with Crippen LogP contribution in [-0.4, -0.2) is 19.2 Å². The van der Waals surface area contributed by atoms with Crippen molar-refractivity contribution in [2.45, 2.75) is 72.0 Å². The first-order chi connectivity index (χ1) is 9.58. The van der Waals surface area contributed by atoms with Gasteiger partial charge in [-0.2, -0.15) is 0 Å².